The normalized spacial score (nSPS) is 14.5. The van der Waals surface area contributed by atoms with E-state index in [9.17, 15) is 4.79 Å². The third-order valence-electron chi connectivity index (χ3n) is 2.46. The molecule has 4 heteroatoms. The van der Waals surface area contributed by atoms with Gasteiger partial charge in [-0.2, -0.15) is 0 Å². The molecule has 0 fully saturated rings. The highest BCUT2D eigenvalue weighted by Gasteiger charge is 2.31. The van der Waals surface area contributed by atoms with E-state index in [2.05, 4.69) is 45.1 Å². The summed E-state index contributed by atoms with van der Waals surface area (Å²) in [5, 5.41) is 0. The Balaban J connectivity index is 4.46. The zero-order valence-electron chi connectivity index (χ0n) is 11.9. The fraction of sp³-hybridized carbons (Fsp3) is 0.923. The van der Waals surface area contributed by atoms with Gasteiger partial charge in [0.15, 0.2) is 0 Å². The van der Waals surface area contributed by atoms with Gasteiger partial charge in [0.2, 0.25) is 0 Å². The van der Waals surface area contributed by atoms with Gasteiger partial charge >= 0.3 is 5.97 Å². The minimum absolute atomic E-state index is 0.0132. The number of carbonyl (C=O) groups is 1. The predicted molar refractivity (Wildman–Crippen MR) is 80.0 cm³/mol. The fourth-order valence-corrected chi connectivity index (χ4v) is 1.72. The maximum absolute atomic E-state index is 11.7. The summed E-state index contributed by atoms with van der Waals surface area (Å²) in [5.41, 5.74) is 0.153. The predicted octanol–water partition coefficient (Wildman–Crippen LogP) is 3.71. The van der Waals surface area contributed by atoms with Crippen LogP contribution in [0.25, 0.3) is 0 Å². The Morgan fingerprint density at radius 2 is 1.76 bits per heavy atom. The van der Waals surface area contributed by atoms with Gasteiger partial charge in [0.25, 0.3) is 0 Å². The number of ether oxygens (including phenoxy) is 1. The largest absolute Gasteiger partial charge is 0.462 e. The van der Waals surface area contributed by atoms with E-state index in [-0.39, 0.29) is 22.9 Å². The van der Waals surface area contributed by atoms with Crippen LogP contribution in [-0.4, -0.2) is 18.6 Å². The van der Waals surface area contributed by atoms with Gasteiger partial charge in [-0.1, -0.05) is 41.5 Å². The molecule has 0 bridgehead atoms. The van der Waals surface area contributed by atoms with Gasteiger partial charge in [0, 0.05) is 29.4 Å². The molecule has 17 heavy (non-hydrogen) atoms. The molecule has 0 aromatic carbocycles. The lowest BCUT2D eigenvalue weighted by Gasteiger charge is -2.35. The van der Waals surface area contributed by atoms with Crippen LogP contribution in [-0.2, 0) is 9.53 Å². The van der Waals surface area contributed by atoms with E-state index in [0.29, 0.717) is 13.0 Å². The molecule has 0 heterocycles. The summed E-state index contributed by atoms with van der Waals surface area (Å²) in [4.78, 5) is 11.7. The van der Waals surface area contributed by atoms with Crippen molar-refractivity contribution in [1.29, 1.82) is 0 Å². The molecule has 0 amide bonds. The van der Waals surface area contributed by atoms with Crippen molar-refractivity contribution in [3.63, 3.8) is 0 Å². The second-order valence-corrected chi connectivity index (χ2v) is 7.51. The topological polar surface area (TPSA) is 38.3 Å². The molecule has 1 unspecified atom stereocenters. The van der Waals surface area contributed by atoms with Crippen molar-refractivity contribution in [3.05, 3.63) is 0 Å². The Hall–Kier alpha value is 0.160. The minimum atomic E-state index is -0.113. The van der Waals surface area contributed by atoms with Gasteiger partial charge in [-0.15, -0.1) is 0 Å². The van der Waals surface area contributed by atoms with Crippen LogP contribution in [0.5, 0.6) is 0 Å². The van der Waals surface area contributed by atoms with E-state index in [1.54, 1.807) is 0 Å². The molecule has 1 N–H and O–H groups in total. The van der Waals surface area contributed by atoms with Gasteiger partial charge in [0.1, 0.15) is 6.10 Å². The van der Waals surface area contributed by atoms with E-state index in [1.165, 1.54) is 0 Å². The average Bonchev–Trinajstić information content (AvgIpc) is 2.10. The number of hydrogen-bond acceptors (Lipinski definition) is 3. The fourth-order valence-electron chi connectivity index (χ4n) is 1.45. The maximum Gasteiger partial charge on any atom is 0.307 e. The van der Waals surface area contributed by atoms with Crippen LogP contribution in [0, 0.1) is 10.8 Å². The maximum atomic E-state index is 11.7. The Morgan fingerprint density at radius 3 is 2.12 bits per heavy atom. The van der Waals surface area contributed by atoms with Gasteiger partial charge < -0.3 is 4.74 Å². The summed E-state index contributed by atoms with van der Waals surface area (Å²) < 4.78 is 8.54. The van der Waals surface area contributed by atoms with Crippen molar-refractivity contribution in [2.45, 2.75) is 60.5 Å². The molecule has 0 aliphatic carbocycles. The molecule has 0 saturated heterocycles. The molecule has 0 aliphatic rings. The summed E-state index contributed by atoms with van der Waals surface area (Å²) in [7, 11) is 0. The Kier molecular flexibility index (Phi) is 6.99. The molecule has 0 spiro atoms. The molecular formula is C13H26INO2. The molecule has 102 valence electrons. The van der Waals surface area contributed by atoms with Crippen LogP contribution < -0.4 is 3.53 Å². The molecule has 0 radical (unpaired) electrons. The molecular weight excluding hydrogens is 329 g/mol. The summed E-state index contributed by atoms with van der Waals surface area (Å²) in [6.45, 7) is 13.5. The molecule has 0 aromatic rings. The first-order chi connectivity index (χ1) is 7.56. The van der Waals surface area contributed by atoms with Crippen LogP contribution in [0.2, 0.25) is 0 Å². The van der Waals surface area contributed by atoms with E-state index in [1.807, 2.05) is 22.9 Å². The Bertz CT molecular complexity index is 241. The van der Waals surface area contributed by atoms with Crippen LogP contribution in [0.1, 0.15) is 54.4 Å². The van der Waals surface area contributed by atoms with Crippen LogP contribution in [0.15, 0.2) is 0 Å². The minimum Gasteiger partial charge on any atom is -0.462 e. The average molecular weight is 355 g/mol. The monoisotopic (exact) mass is 355 g/mol. The highest BCUT2D eigenvalue weighted by Crippen LogP contribution is 2.32. The van der Waals surface area contributed by atoms with Crippen molar-refractivity contribution in [1.82, 2.24) is 3.53 Å². The summed E-state index contributed by atoms with van der Waals surface area (Å²) in [6, 6.07) is 0. The van der Waals surface area contributed by atoms with Gasteiger partial charge in [-0.3, -0.25) is 8.32 Å². The number of nitrogens with one attached hydrogen (secondary N) is 1. The van der Waals surface area contributed by atoms with Crippen molar-refractivity contribution >= 4 is 28.8 Å². The van der Waals surface area contributed by atoms with E-state index < -0.39 is 0 Å². The number of hydrogen-bond donors (Lipinski definition) is 1. The van der Waals surface area contributed by atoms with E-state index in [4.69, 9.17) is 4.74 Å². The number of rotatable bonds is 5. The van der Waals surface area contributed by atoms with Crippen LogP contribution in [0.3, 0.4) is 0 Å². The quantitative estimate of drug-likeness (QED) is 0.464. The lowest BCUT2D eigenvalue weighted by atomic mass is 9.78. The molecule has 0 rings (SSSR count). The van der Waals surface area contributed by atoms with Crippen molar-refractivity contribution in [3.8, 4) is 0 Å². The number of halogens is 1. The van der Waals surface area contributed by atoms with Gasteiger partial charge in [-0.05, 0) is 17.3 Å². The molecule has 0 aliphatic heterocycles. The van der Waals surface area contributed by atoms with Crippen molar-refractivity contribution in [2.24, 2.45) is 10.8 Å². The SMILES string of the molecule is CC(C)(C)CC(OC(=O)CCNI)C(C)(C)C. The zero-order chi connectivity index (χ0) is 13.7. The molecule has 0 saturated carbocycles. The zero-order valence-corrected chi connectivity index (χ0v) is 14.1. The molecule has 1 atom stereocenters. The number of esters is 1. The lowest BCUT2D eigenvalue weighted by Crippen LogP contribution is -2.35. The van der Waals surface area contributed by atoms with Crippen molar-refractivity contribution < 1.29 is 9.53 Å². The second-order valence-electron chi connectivity index (χ2n) is 6.74. The van der Waals surface area contributed by atoms with Crippen LogP contribution >= 0.6 is 22.9 Å². The highest BCUT2D eigenvalue weighted by atomic mass is 127. The molecule has 3 nitrogen and oxygen atoms in total. The first-order valence-electron chi connectivity index (χ1n) is 6.09. The van der Waals surface area contributed by atoms with Gasteiger partial charge in [0.05, 0.1) is 6.42 Å². The van der Waals surface area contributed by atoms with E-state index in [0.717, 1.165) is 6.42 Å². The van der Waals surface area contributed by atoms with Gasteiger partial charge in [-0.25, -0.2) is 0 Å². The summed E-state index contributed by atoms with van der Waals surface area (Å²) in [6.07, 6.45) is 1.30. The highest BCUT2D eigenvalue weighted by molar-refractivity contribution is 14.1. The lowest BCUT2D eigenvalue weighted by molar-refractivity contribution is -0.156. The third kappa shape index (κ3) is 8.83. The standard InChI is InChI=1S/C13H26INO2/c1-12(2,3)9-10(13(4,5)6)17-11(16)7-8-15-14/h10,15H,7-9H2,1-6H3. The second kappa shape index (κ2) is 6.92. The van der Waals surface area contributed by atoms with E-state index >= 15 is 0 Å². The Morgan fingerprint density at radius 1 is 1.24 bits per heavy atom. The summed E-state index contributed by atoms with van der Waals surface area (Å²) >= 11 is 2.04. The van der Waals surface area contributed by atoms with Crippen molar-refractivity contribution in [2.75, 3.05) is 6.54 Å². The first-order valence-corrected chi connectivity index (χ1v) is 7.17. The first kappa shape index (κ1) is 17.2. The molecule has 0 aromatic heterocycles. The summed E-state index contributed by atoms with van der Waals surface area (Å²) in [5.74, 6) is -0.113. The number of carbonyl (C=O) groups excluding carboxylic acids is 1. The third-order valence-corrected chi connectivity index (χ3v) is 3.00. The Labute approximate surface area is 120 Å². The smallest absolute Gasteiger partial charge is 0.307 e. The van der Waals surface area contributed by atoms with Crippen LogP contribution in [0.4, 0.5) is 0 Å².